The molecule has 0 amide bonds. The smallest absolute Gasteiger partial charge is 0.150 e. The quantitative estimate of drug-likeness (QED) is 0.859. The molecule has 2 aliphatic rings. The minimum atomic E-state index is 0.718. The molecular weight excluding hydrogens is 252 g/mol. The van der Waals surface area contributed by atoms with Crippen molar-refractivity contribution >= 4 is 0 Å². The van der Waals surface area contributed by atoms with E-state index in [0.717, 1.165) is 43.4 Å². The predicted molar refractivity (Wildman–Crippen MR) is 74.2 cm³/mol. The lowest BCUT2D eigenvalue weighted by Crippen LogP contribution is -2.30. The minimum absolute atomic E-state index is 0.718. The Morgan fingerprint density at radius 1 is 1.40 bits per heavy atom. The van der Waals surface area contributed by atoms with Crippen LogP contribution < -0.4 is 0 Å². The largest absolute Gasteiger partial charge is 0.360 e. The van der Waals surface area contributed by atoms with Gasteiger partial charge in [0.15, 0.2) is 5.76 Å². The first-order chi connectivity index (χ1) is 9.70. The van der Waals surface area contributed by atoms with E-state index in [1.54, 1.807) is 0 Å². The molecule has 1 aliphatic carbocycles. The number of rotatable bonds is 3. The van der Waals surface area contributed by atoms with Crippen LogP contribution in [-0.2, 0) is 26.6 Å². The van der Waals surface area contributed by atoms with E-state index >= 15 is 0 Å². The molecule has 106 valence electrons. The molecule has 1 saturated carbocycles. The van der Waals surface area contributed by atoms with E-state index in [9.17, 15) is 0 Å². The molecule has 0 spiro atoms. The Bertz CT molecular complexity index is 638. The summed E-state index contributed by atoms with van der Waals surface area (Å²) >= 11 is 0. The van der Waals surface area contributed by atoms with E-state index in [1.807, 2.05) is 13.0 Å². The highest BCUT2D eigenvalue weighted by Crippen LogP contribution is 2.40. The van der Waals surface area contributed by atoms with Crippen molar-refractivity contribution in [2.75, 3.05) is 6.54 Å². The van der Waals surface area contributed by atoms with Gasteiger partial charge in [0.1, 0.15) is 5.82 Å². The highest BCUT2D eigenvalue weighted by atomic mass is 16.5. The summed E-state index contributed by atoms with van der Waals surface area (Å²) in [5, 5.41) is 3.95. The van der Waals surface area contributed by atoms with Crippen LogP contribution in [0.4, 0.5) is 0 Å². The lowest BCUT2D eigenvalue weighted by atomic mass is 10.1. The SMILES string of the molecule is Cc1cc(CN2CCc3c(nc(C4CC4)n3C)C2)on1. The first kappa shape index (κ1) is 12.1. The summed E-state index contributed by atoms with van der Waals surface area (Å²) in [7, 11) is 2.18. The van der Waals surface area contributed by atoms with Crippen LogP contribution in [0.2, 0.25) is 0 Å². The molecule has 0 saturated heterocycles. The number of hydrogen-bond donors (Lipinski definition) is 0. The van der Waals surface area contributed by atoms with Gasteiger partial charge in [-0.3, -0.25) is 4.90 Å². The molecule has 4 rings (SSSR count). The molecule has 0 radical (unpaired) electrons. The molecule has 2 aromatic rings. The van der Waals surface area contributed by atoms with Crippen molar-refractivity contribution in [3.63, 3.8) is 0 Å². The zero-order chi connectivity index (χ0) is 13.7. The number of nitrogens with zero attached hydrogens (tertiary/aromatic N) is 4. The van der Waals surface area contributed by atoms with Crippen LogP contribution in [0.5, 0.6) is 0 Å². The molecular formula is C15H20N4O. The Morgan fingerprint density at radius 3 is 2.95 bits per heavy atom. The summed E-state index contributed by atoms with van der Waals surface area (Å²) in [4.78, 5) is 7.28. The topological polar surface area (TPSA) is 47.1 Å². The van der Waals surface area contributed by atoms with Gasteiger partial charge in [-0.2, -0.15) is 0 Å². The van der Waals surface area contributed by atoms with Gasteiger partial charge >= 0.3 is 0 Å². The van der Waals surface area contributed by atoms with Gasteiger partial charge in [0.05, 0.1) is 17.9 Å². The Kier molecular flexibility index (Phi) is 2.70. The van der Waals surface area contributed by atoms with E-state index in [4.69, 9.17) is 9.51 Å². The van der Waals surface area contributed by atoms with Gasteiger partial charge in [-0.05, 0) is 19.8 Å². The number of aromatic nitrogens is 3. The average Bonchev–Trinajstić information content (AvgIpc) is 3.12. The summed E-state index contributed by atoms with van der Waals surface area (Å²) in [6.45, 7) is 4.78. The summed E-state index contributed by atoms with van der Waals surface area (Å²) in [6, 6.07) is 2.02. The molecule has 0 bridgehead atoms. The molecule has 1 fully saturated rings. The van der Waals surface area contributed by atoms with Crippen LogP contribution in [0.3, 0.4) is 0 Å². The highest BCUT2D eigenvalue weighted by Gasteiger charge is 2.31. The van der Waals surface area contributed by atoms with Crippen LogP contribution in [0, 0.1) is 6.92 Å². The maximum Gasteiger partial charge on any atom is 0.150 e. The van der Waals surface area contributed by atoms with Crippen LogP contribution in [-0.4, -0.2) is 26.2 Å². The monoisotopic (exact) mass is 272 g/mol. The van der Waals surface area contributed by atoms with E-state index in [2.05, 4.69) is 21.7 Å². The van der Waals surface area contributed by atoms with Crippen molar-refractivity contribution in [1.29, 1.82) is 0 Å². The molecule has 5 nitrogen and oxygen atoms in total. The van der Waals surface area contributed by atoms with E-state index in [1.165, 1.54) is 30.1 Å². The molecule has 2 aromatic heterocycles. The molecule has 0 unspecified atom stereocenters. The zero-order valence-electron chi connectivity index (χ0n) is 12.1. The summed E-state index contributed by atoms with van der Waals surface area (Å²) in [5.41, 5.74) is 3.64. The fourth-order valence-electron chi connectivity index (χ4n) is 3.16. The normalized spacial score (nSPS) is 19.3. The Morgan fingerprint density at radius 2 is 2.25 bits per heavy atom. The van der Waals surface area contributed by atoms with Crippen molar-refractivity contribution in [2.24, 2.45) is 7.05 Å². The van der Waals surface area contributed by atoms with E-state index in [-0.39, 0.29) is 0 Å². The van der Waals surface area contributed by atoms with Gasteiger partial charge in [-0.1, -0.05) is 5.16 Å². The first-order valence-corrected chi connectivity index (χ1v) is 7.39. The lowest BCUT2D eigenvalue weighted by molar-refractivity contribution is 0.210. The number of hydrogen-bond acceptors (Lipinski definition) is 4. The molecule has 3 heterocycles. The molecule has 5 heteroatoms. The van der Waals surface area contributed by atoms with Crippen molar-refractivity contribution in [3.05, 3.63) is 34.7 Å². The van der Waals surface area contributed by atoms with Gasteiger partial charge in [0, 0.05) is 44.2 Å². The standard InChI is InChI=1S/C15H20N4O/c1-10-7-12(20-17-10)8-19-6-5-14-13(9-19)16-15(18(14)2)11-3-4-11/h7,11H,3-6,8-9H2,1-2H3. The Hall–Kier alpha value is -1.62. The van der Waals surface area contributed by atoms with E-state index < -0.39 is 0 Å². The Labute approximate surface area is 118 Å². The highest BCUT2D eigenvalue weighted by molar-refractivity contribution is 5.23. The predicted octanol–water partition coefficient (Wildman–Crippen LogP) is 2.15. The van der Waals surface area contributed by atoms with Crippen molar-refractivity contribution in [3.8, 4) is 0 Å². The van der Waals surface area contributed by atoms with Crippen LogP contribution in [0.1, 0.15) is 47.4 Å². The summed E-state index contributed by atoms with van der Waals surface area (Å²) in [5.74, 6) is 2.97. The molecule has 20 heavy (non-hydrogen) atoms. The second kappa shape index (κ2) is 4.45. The van der Waals surface area contributed by atoms with Gasteiger partial charge in [0.25, 0.3) is 0 Å². The average molecular weight is 272 g/mol. The third-order valence-electron chi connectivity index (χ3n) is 4.37. The van der Waals surface area contributed by atoms with Crippen molar-refractivity contribution in [2.45, 2.75) is 45.2 Å². The molecule has 1 aliphatic heterocycles. The van der Waals surface area contributed by atoms with Crippen molar-refractivity contribution in [1.82, 2.24) is 19.6 Å². The summed E-state index contributed by atoms with van der Waals surface area (Å²) < 4.78 is 7.65. The van der Waals surface area contributed by atoms with Crippen LogP contribution in [0.25, 0.3) is 0 Å². The maximum absolute atomic E-state index is 5.31. The van der Waals surface area contributed by atoms with Crippen LogP contribution in [0.15, 0.2) is 10.6 Å². The molecule has 0 aromatic carbocycles. The third kappa shape index (κ3) is 2.06. The van der Waals surface area contributed by atoms with Gasteiger partial charge in [-0.15, -0.1) is 0 Å². The number of aryl methyl sites for hydroxylation is 1. The fourth-order valence-corrected chi connectivity index (χ4v) is 3.16. The fraction of sp³-hybridized carbons (Fsp3) is 0.600. The third-order valence-corrected chi connectivity index (χ3v) is 4.37. The lowest BCUT2D eigenvalue weighted by Gasteiger charge is -2.25. The first-order valence-electron chi connectivity index (χ1n) is 7.39. The number of imidazole rings is 1. The molecule has 0 atom stereocenters. The van der Waals surface area contributed by atoms with Gasteiger partial charge in [0.2, 0.25) is 0 Å². The maximum atomic E-state index is 5.31. The van der Waals surface area contributed by atoms with E-state index in [0.29, 0.717) is 0 Å². The minimum Gasteiger partial charge on any atom is -0.360 e. The second-order valence-electron chi connectivity index (χ2n) is 6.09. The van der Waals surface area contributed by atoms with Crippen LogP contribution >= 0.6 is 0 Å². The Balaban J connectivity index is 1.52. The second-order valence-corrected chi connectivity index (χ2v) is 6.09. The number of fused-ring (bicyclic) bond motifs is 1. The van der Waals surface area contributed by atoms with Gasteiger partial charge < -0.3 is 9.09 Å². The zero-order valence-corrected chi connectivity index (χ0v) is 12.1. The van der Waals surface area contributed by atoms with Gasteiger partial charge in [-0.25, -0.2) is 4.98 Å². The summed E-state index contributed by atoms with van der Waals surface area (Å²) in [6.07, 6.45) is 3.70. The van der Waals surface area contributed by atoms with Crippen molar-refractivity contribution < 1.29 is 4.52 Å². The molecule has 0 N–H and O–H groups in total.